The Morgan fingerprint density at radius 3 is 0.889 bits per heavy atom. The van der Waals surface area contributed by atoms with E-state index in [1.54, 1.807) is 0 Å². The molecule has 2 nitrogen and oxygen atoms in total. The van der Waals surface area contributed by atoms with Crippen molar-refractivity contribution in [3.05, 3.63) is 360 Å². The van der Waals surface area contributed by atoms with Crippen LogP contribution in [0.15, 0.2) is 315 Å². The van der Waals surface area contributed by atoms with Gasteiger partial charge in [0.15, 0.2) is 0 Å². The van der Waals surface area contributed by atoms with Crippen molar-refractivity contribution >= 4 is 58.4 Å². The topological polar surface area (TPSA) is 6.48 Å². The van der Waals surface area contributed by atoms with Crippen molar-refractivity contribution in [3.8, 4) is 66.8 Å². The molecule has 0 saturated carbocycles. The van der Waals surface area contributed by atoms with Gasteiger partial charge in [-0.3, -0.25) is 0 Å². The molecule has 15 rings (SSSR count). The predicted molar refractivity (Wildman–Crippen MR) is 383 cm³/mol. The molecule has 0 bridgehead atoms. The van der Waals surface area contributed by atoms with Crippen LogP contribution >= 0.6 is 0 Å². The smallest absolute Gasteiger partial charge is 0.0540 e. The Balaban J connectivity index is 0.673. The van der Waals surface area contributed by atoms with E-state index in [9.17, 15) is 0 Å². The summed E-state index contributed by atoms with van der Waals surface area (Å²) in [6, 6.07) is 115. The van der Waals surface area contributed by atoms with Gasteiger partial charge >= 0.3 is 0 Å². The minimum atomic E-state index is -0.230. The molecule has 0 heterocycles. The molecule has 430 valence electrons. The number of benzene rings is 13. The first-order valence-electron chi connectivity index (χ1n) is 31.4. The largest absolute Gasteiger partial charge is 0.310 e. The number of hydrogen-bond donors (Lipinski definition) is 0. The van der Waals surface area contributed by atoms with Crippen LogP contribution < -0.4 is 9.80 Å². The van der Waals surface area contributed by atoms with Gasteiger partial charge in [0.1, 0.15) is 0 Å². The van der Waals surface area contributed by atoms with Crippen LogP contribution in [0.4, 0.5) is 34.1 Å². The van der Waals surface area contributed by atoms with Crippen molar-refractivity contribution in [3.63, 3.8) is 0 Å². The molecular formula is C88H68N2. The van der Waals surface area contributed by atoms with E-state index in [0.717, 1.165) is 45.3 Å². The maximum Gasteiger partial charge on any atom is 0.0540 e. The molecule has 0 N–H and O–H groups in total. The standard InChI is InChI=1S/C88H68N2/c1-87(2)81-55-63(47-51-77(81)79-53-49-73(59-83(79)87)89(71-33-21-31-69(57-71)65-23-9-5-10-24-65)85-37-19-17-35-75(85)67-27-13-7-14-28-67)45-43-61-39-41-62(42-40-61)44-46-64-48-52-78-80-54-50-74(60-84(80)88(3,4)82(78)56-64)90(72-34-22-32-70(58-72)66-25-11-6-12-26-66)86-38-20-18-36-76(86)68-29-15-8-16-30-68/h5-60H,1-4H3. The second-order valence-electron chi connectivity index (χ2n) is 24.9. The van der Waals surface area contributed by atoms with Gasteiger partial charge in [0.05, 0.1) is 11.4 Å². The van der Waals surface area contributed by atoms with Crippen LogP contribution in [0.3, 0.4) is 0 Å². The number of fused-ring (bicyclic) bond motifs is 6. The van der Waals surface area contributed by atoms with Gasteiger partial charge in [-0.1, -0.05) is 307 Å². The average molecular weight is 1150 g/mol. The Morgan fingerprint density at radius 1 is 0.211 bits per heavy atom. The Bertz CT molecular complexity index is 4550. The highest BCUT2D eigenvalue weighted by molar-refractivity contribution is 5.94. The highest BCUT2D eigenvalue weighted by atomic mass is 15.2. The SMILES string of the molecule is CC1(C)c2cc(C=Cc3ccc(C=Cc4ccc5c(c4)C(C)(C)c4cc(N(c6cccc(-c7ccccc7)c6)c6ccccc6-c6ccccc6)ccc4-5)cc3)ccc2-c2ccc(N(c3cccc(-c4ccccc4)c3)c3ccccc3-c3ccccc3)cc21. The van der Waals surface area contributed by atoms with E-state index in [4.69, 9.17) is 0 Å². The van der Waals surface area contributed by atoms with Crippen LogP contribution in [-0.2, 0) is 10.8 Å². The van der Waals surface area contributed by atoms with Gasteiger partial charge in [0, 0.05) is 44.7 Å². The molecule has 2 aliphatic rings. The quantitative estimate of drug-likeness (QED) is 0.100. The first-order chi connectivity index (χ1) is 44.1. The summed E-state index contributed by atoms with van der Waals surface area (Å²) < 4.78 is 0. The molecule has 2 aliphatic carbocycles. The zero-order valence-electron chi connectivity index (χ0n) is 51.2. The molecule has 0 unspecified atom stereocenters. The minimum absolute atomic E-state index is 0.230. The lowest BCUT2D eigenvalue weighted by Gasteiger charge is -2.30. The van der Waals surface area contributed by atoms with Gasteiger partial charge in [0.2, 0.25) is 0 Å². The molecule has 0 fully saturated rings. The van der Waals surface area contributed by atoms with Crippen molar-refractivity contribution in [1.82, 2.24) is 0 Å². The van der Waals surface area contributed by atoms with Crippen molar-refractivity contribution in [2.24, 2.45) is 0 Å². The highest BCUT2D eigenvalue weighted by Gasteiger charge is 2.38. The average Bonchev–Trinajstić information content (AvgIpc) is 1.58. The van der Waals surface area contributed by atoms with E-state index in [1.807, 2.05) is 0 Å². The molecule has 0 amide bonds. The van der Waals surface area contributed by atoms with Crippen LogP contribution in [0.5, 0.6) is 0 Å². The number of rotatable bonds is 14. The highest BCUT2D eigenvalue weighted by Crippen LogP contribution is 2.54. The molecule has 0 radical (unpaired) electrons. The van der Waals surface area contributed by atoms with E-state index in [0.29, 0.717) is 0 Å². The van der Waals surface area contributed by atoms with Crippen LogP contribution in [-0.4, -0.2) is 0 Å². The second-order valence-corrected chi connectivity index (χ2v) is 24.9. The molecule has 0 spiro atoms. The first kappa shape index (κ1) is 55.5. The summed E-state index contributed by atoms with van der Waals surface area (Å²) in [7, 11) is 0. The summed E-state index contributed by atoms with van der Waals surface area (Å²) in [4.78, 5) is 4.89. The van der Waals surface area contributed by atoms with Gasteiger partial charge < -0.3 is 9.80 Å². The molecule has 0 atom stereocenters. The van der Waals surface area contributed by atoms with Gasteiger partial charge in [-0.2, -0.15) is 0 Å². The Kier molecular flexibility index (Phi) is 14.3. The van der Waals surface area contributed by atoms with E-state index in [2.05, 4.69) is 377 Å². The Labute approximate surface area is 530 Å². The van der Waals surface area contributed by atoms with E-state index in [1.165, 1.54) is 100 Å². The third-order valence-electron chi connectivity index (χ3n) is 18.6. The van der Waals surface area contributed by atoms with E-state index < -0.39 is 0 Å². The zero-order valence-corrected chi connectivity index (χ0v) is 51.2. The van der Waals surface area contributed by atoms with E-state index >= 15 is 0 Å². The Hall–Kier alpha value is -11.1. The summed E-state index contributed by atoms with van der Waals surface area (Å²) >= 11 is 0. The normalized spacial score (nSPS) is 13.2. The minimum Gasteiger partial charge on any atom is -0.310 e. The molecule has 13 aromatic carbocycles. The number of para-hydroxylation sites is 2. The fourth-order valence-electron chi connectivity index (χ4n) is 13.9. The maximum atomic E-state index is 2.44. The fourth-order valence-corrected chi connectivity index (χ4v) is 13.9. The van der Waals surface area contributed by atoms with Crippen molar-refractivity contribution in [2.75, 3.05) is 9.80 Å². The van der Waals surface area contributed by atoms with Crippen molar-refractivity contribution in [1.29, 1.82) is 0 Å². The maximum absolute atomic E-state index is 2.44. The summed E-state index contributed by atoms with van der Waals surface area (Å²) in [6.07, 6.45) is 9.00. The lowest BCUT2D eigenvalue weighted by molar-refractivity contribution is 0.660. The molecule has 13 aromatic rings. The van der Waals surface area contributed by atoms with Crippen LogP contribution in [0.2, 0.25) is 0 Å². The molecule has 0 aliphatic heterocycles. The van der Waals surface area contributed by atoms with Gasteiger partial charge in [-0.15, -0.1) is 0 Å². The number of hydrogen-bond acceptors (Lipinski definition) is 2. The van der Waals surface area contributed by atoms with E-state index in [-0.39, 0.29) is 10.8 Å². The lowest BCUT2D eigenvalue weighted by Crippen LogP contribution is -2.17. The first-order valence-corrected chi connectivity index (χ1v) is 31.4. The van der Waals surface area contributed by atoms with Crippen LogP contribution in [0, 0.1) is 0 Å². The van der Waals surface area contributed by atoms with Crippen molar-refractivity contribution < 1.29 is 0 Å². The molecule has 0 aromatic heterocycles. The lowest BCUT2D eigenvalue weighted by atomic mass is 9.81. The van der Waals surface area contributed by atoms with Crippen LogP contribution in [0.1, 0.15) is 72.2 Å². The molecular weight excluding hydrogens is 1080 g/mol. The molecule has 90 heavy (non-hydrogen) atoms. The summed E-state index contributed by atoms with van der Waals surface area (Å²) in [5, 5.41) is 0. The second kappa shape index (κ2) is 23.2. The van der Waals surface area contributed by atoms with Gasteiger partial charge in [-0.05, 0) is 161 Å². The zero-order chi connectivity index (χ0) is 60.8. The van der Waals surface area contributed by atoms with Gasteiger partial charge in [-0.25, -0.2) is 0 Å². The van der Waals surface area contributed by atoms with Crippen molar-refractivity contribution in [2.45, 2.75) is 38.5 Å². The van der Waals surface area contributed by atoms with Crippen LogP contribution in [0.25, 0.3) is 91.1 Å². The summed E-state index contributed by atoms with van der Waals surface area (Å²) in [5.41, 5.74) is 31.0. The summed E-state index contributed by atoms with van der Waals surface area (Å²) in [6.45, 7) is 9.53. The number of nitrogens with zero attached hydrogens (tertiary/aromatic N) is 2. The van der Waals surface area contributed by atoms with Gasteiger partial charge in [0.25, 0.3) is 0 Å². The predicted octanol–water partition coefficient (Wildman–Crippen LogP) is 24.2. The molecule has 0 saturated heterocycles. The number of anilines is 6. The monoisotopic (exact) mass is 1150 g/mol. The fraction of sp³-hybridized carbons (Fsp3) is 0.0682. The third-order valence-corrected chi connectivity index (χ3v) is 18.6. The molecule has 2 heteroatoms. The summed E-state index contributed by atoms with van der Waals surface area (Å²) in [5.74, 6) is 0. The third kappa shape index (κ3) is 10.4. The Morgan fingerprint density at radius 2 is 0.500 bits per heavy atom.